The lowest BCUT2D eigenvalue weighted by molar-refractivity contribution is 0.521. The third-order valence-corrected chi connectivity index (χ3v) is 5.87. The van der Waals surface area contributed by atoms with Gasteiger partial charge in [-0.05, 0) is 24.3 Å². The third-order valence-electron chi connectivity index (χ3n) is 4.39. The van der Waals surface area contributed by atoms with Crippen molar-refractivity contribution < 1.29 is 12.8 Å². The Morgan fingerprint density at radius 2 is 1.75 bits per heavy atom. The van der Waals surface area contributed by atoms with E-state index in [1.165, 1.54) is 24.7 Å². The highest BCUT2D eigenvalue weighted by Crippen LogP contribution is 2.20. The van der Waals surface area contributed by atoms with E-state index < -0.39 is 10.0 Å². The van der Waals surface area contributed by atoms with E-state index in [9.17, 15) is 8.42 Å². The summed E-state index contributed by atoms with van der Waals surface area (Å²) in [5, 5.41) is 6.14. The summed E-state index contributed by atoms with van der Waals surface area (Å²) in [7, 11) is -3.64. The fourth-order valence-corrected chi connectivity index (χ4v) is 3.88. The number of aromatic nitrogens is 4. The lowest BCUT2D eigenvalue weighted by atomic mass is 10.2. The topological polar surface area (TPSA) is 135 Å². The zero-order valence-corrected chi connectivity index (χ0v) is 18.0. The second kappa shape index (κ2) is 9.54. The van der Waals surface area contributed by atoms with E-state index in [0.717, 1.165) is 5.56 Å². The SMILES string of the molecule is Cc1nc(-c2ccc(S(=O)(=O)NCCNc3cc(Nc4ccccn4)ncn3)cc2)co1. The highest BCUT2D eigenvalue weighted by molar-refractivity contribution is 7.89. The third kappa shape index (κ3) is 5.45. The maximum atomic E-state index is 12.5. The highest BCUT2D eigenvalue weighted by Gasteiger charge is 2.14. The number of hydrogen-bond donors (Lipinski definition) is 3. The summed E-state index contributed by atoms with van der Waals surface area (Å²) in [5.74, 6) is 2.35. The summed E-state index contributed by atoms with van der Waals surface area (Å²) < 4.78 is 32.8. The molecule has 0 saturated heterocycles. The Bertz CT molecular complexity index is 1280. The summed E-state index contributed by atoms with van der Waals surface area (Å²) in [6, 6.07) is 13.7. The Labute approximate surface area is 185 Å². The van der Waals surface area contributed by atoms with Crippen molar-refractivity contribution >= 4 is 27.5 Å². The van der Waals surface area contributed by atoms with Crippen LogP contribution in [0.2, 0.25) is 0 Å². The van der Waals surface area contributed by atoms with E-state index in [1.807, 2.05) is 18.2 Å². The molecule has 0 aliphatic heterocycles. The summed E-state index contributed by atoms with van der Waals surface area (Å²) in [5.41, 5.74) is 1.44. The minimum atomic E-state index is -3.64. The van der Waals surface area contributed by atoms with E-state index in [4.69, 9.17) is 4.42 Å². The van der Waals surface area contributed by atoms with Gasteiger partial charge in [-0.3, -0.25) is 0 Å². The first-order valence-corrected chi connectivity index (χ1v) is 11.2. The number of pyridine rings is 1. The lowest BCUT2D eigenvalue weighted by Crippen LogP contribution is -2.29. The van der Waals surface area contributed by atoms with Gasteiger partial charge in [0.2, 0.25) is 10.0 Å². The molecule has 10 nitrogen and oxygen atoms in total. The van der Waals surface area contributed by atoms with Crippen molar-refractivity contribution in [2.45, 2.75) is 11.8 Å². The molecular formula is C21H21N7O3S. The van der Waals surface area contributed by atoms with E-state index in [0.29, 0.717) is 35.6 Å². The van der Waals surface area contributed by atoms with Gasteiger partial charge in [-0.1, -0.05) is 18.2 Å². The predicted octanol–water partition coefficient (Wildman–Crippen LogP) is 2.97. The monoisotopic (exact) mass is 451 g/mol. The maximum absolute atomic E-state index is 12.5. The van der Waals surface area contributed by atoms with Crippen molar-refractivity contribution in [3.8, 4) is 11.3 Å². The molecule has 4 rings (SSSR count). The highest BCUT2D eigenvalue weighted by atomic mass is 32.2. The van der Waals surface area contributed by atoms with Crippen LogP contribution in [0.4, 0.5) is 17.5 Å². The van der Waals surface area contributed by atoms with Crippen LogP contribution in [0.15, 0.2) is 76.6 Å². The molecule has 1 aromatic carbocycles. The number of nitrogens with one attached hydrogen (secondary N) is 3. The van der Waals surface area contributed by atoms with E-state index in [-0.39, 0.29) is 11.4 Å². The standard InChI is InChI=1S/C21H21N7O3S/c1-15-27-18(13-31-15)16-5-7-17(8-6-16)32(29,30)26-11-10-23-20-12-21(25-14-24-20)28-19-4-2-3-9-22-19/h2-9,12-14,26H,10-11H2,1H3,(H2,22,23,24,25,28). The number of oxazole rings is 1. The number of rotatable bonds is 9. The van der Waals surface area contributed by atoms with Crippen molar-refractivity contribution in [1.82, 2.24) is 24.7 Å². The molecule has 0 unspecified atom stereocenters. The van der Waals surface area contributed by atoms with Crippen molar-refractivity contribution in [3.63, 3.8) is 0 Å². The molecule has 0 aliphatic carbocycles. The molecule has 164 valence electrons. The van der Waals surface area contributed by atoms with Crippen molar-refractivity contribution in [2.75, 3.05) is 23.7 Å². The van der Waals surface area contributed by atoms with Crippen LogP contribution in [0.25, 0.3) is 11.3 Å². The quantitative estimate of drug-likeness (QED) is 0.328. The van der Waals surface area contributed by atoms with Crippen LogP contribution in [-0.4, -0.2) is 41.4 Å². The zero-order chi connectivity index (χ0) is 22.4. The van der Waals surface area contributed by atoms with Crippen LogP contribution in [-0.2, 0) is 10.0 Å². The molecule has 4 aromatic rings. The molecule has 0 radical (unpaired) electrons. The Morgan fingerprint density at radius 3 is 2.47 bits per heavy atom. The molecule has 32 heavy (non-hydrogen) atoms. The first-order chi connectivity index (χ1) is 15.5. The molecule has 0 saturated carbocycles. The van der Waals surface area contributed by atoms with Gasteiger partial charge < -0.3 is 15.1 Å². The van der Waals surface area contributed by atoms with Crippen LogP contribution < -0.4 is 15.4 Å². The number of benzene rings is 1. The molecule has 0 bridgehead atoms. The van der Waals surface area contributed by atoms with Gasteiger partial charge in [-0.15, -0.1) is 0 Å². The predicted molar refractivity (Wildman–Crippen MR) is 120 cm³/mol. The Hall–Kier alpha value is -3.83. The summed E-state index contributed by atoms with van der Waals surface area (Å²) in [6.45, 7) is 2.27. The largest absolute Gasteiger partial charge is 0.449 e. The molecular weight excluding hydrogens is 430 g/mol. The van der Waals surface area contributed by atoms with E-state index in [1.54, 1.807) is 31.3 Å². The lowest BCUT2D eigenvalue weighted by Gasteiger charge is -2.10. The molecule has 0 spiro atoms. The normalized spacial score (nSPS) is 11.3. The summed E-state index contributed by atoms with van der Waals surface area (Å²) in [6.07, 6.45) is 4.63. The second-order valence-corrected chi connectivity index (χ2v) is 8.50. The average molecular weight is 452 g/mol. The second-order valence-electron chi connectivity index (χ2n) is 6.73. The van der Waals surface area contributed by atoms with Crippen LogP contribution in [0.3, 0.4) is 0 Å². The Balaban J connectivity index is 1.30. The van der Waals surface area contributed by atoms with Gasteiger partial charge in [-0.2, -0.15) is 0 Å². The summed E-state index contributed by atoms with van der Waals surface area (Å²) >= 11 is 0. The average Bonchev–Trinajstić information content (AvgIpc) is 3.24. The first kappa shape index (κ1) is 21.4. The molecule has 11 heteroatoms. The number of hydrogen-bond acceptors (Lipinski definition) is 9. The smallest absolute Gasteiger partial charge is 0.240 e. The molecule has 3 N–H and O–H groups in total. The molecule has 3 aromatic heterocycles. The van der Waals surface area contributed by atoms with Crippen LogP contribution in [0.1, 0.15) is 5.89 Å². The fourth-order valence-electron chi connectivity index (χ4n) is 2.85. The van der Waals surface area contributed by atoms with Gasteiger partial charge in [0.15, 0.2) is 5.89 Å². The summed E-state index contributed by atoms with van der Waals surface area (Å²) in [4.78, 5) is 16.9. The van der Waals surface area contributed by atoms with Crippen molar-refractivity contribution in [1.29, 1.82) is 0 Å². The Morgan fingerprint density at radius 1 is 0.938 bits per heavy atom. The number of sulfonamides is 1. The van der Waals surface area contributed by atoms with Gasteiger partial charge in [-0.25, -0.2) is 33.1 Å². The van der Waals surface area contributed by atoms with Crippen LogP contribution >= 0.6 is 0 Å². The molecule has 0 fully saturated rings. The van der Waals surface area contributed by atoms with Gasteiger partial charge >= 0.3 is 0 Å². The van der Waals surface area contributed by atoms with Crippen molar-refractivity contribution in [2.24, 2.45) is 0 Å². The molecule has 0 aliphatic rings. The number of aryl methyl sites for hydroxylation is 1. The fraction of sp³-hybridized carbons (Fsp3) is 0.143. The van der Waals surface area contributed by atoms with E-state index >= 15 is 0 Å². The minimum absolute atomic E-state index is 0.172. The zero-order valence-electron chi connectivity index (χ0n) is 17.2. The molecule has 0 amide bonds. The van der Waals surface area contributed by atoms with Gasteiger partial charge in [0, 0.05) is 37.8 Å². The van der Waals surface area contributed by atoms with Crippen LogP contribution in [0.5, 0.6) is 0 Å². The van der Waals surface area contributed by atoms with Gasteiger partial charge in [0.25, 0.3) is 0 Å². The minimum Gasteiger partial charge on any atom is -0.449 e. The van der Waals surface area contributed by atoms with Crippen LogP contribution in [0, 0.1) is 6.92 Å². The number of nitrogens with zero attached hydrogens (tertiary/aromatic N) is 4. The molecule has 3 heterocycles. The van der Waals surface area contributed by atoms with Gasteiger partial charge in [0.05, 0.1) is 4.90 Å². The van der Waals surface area contributed by atoms with Crippen molar-refractivity contribution in [3.05, 3.63) is 73.2 Å². The Kier molecular flexibility index (Phi) is 6.38. The van der Waals surface area contributed by atoms with Gasteiger partial charge in [0.1, 0.15) is 35.7 Å². The number of anilines is 3. The van der Waals surface area contributed by atoms with E-state index in [2.05, 4.69) is 35.3 Å². The first-order valence-electron chi connectivity index (χ1n) is 9.76. The maximum Gasteiger partial charge on any atom is 0.240 e. The molecule has 0 atom stereocenters.